The van der Waals surface area contributed by atoms with Crippen LogP contribution in [0, 0.1) is 5.92 Å². The molecule has 2 amide bonds. The van der Waals surface area contributed by atoms with E-state index < -0.39 is 18.5 Å². The number of esters is 1. The average molecular weight is 444 g/mol. The third-order valence-electron chi connectivity index (χ3n) is 5.64. The molecule has 2 aliphatic rings. The molecule has 0 aliphatic heterocycles. The van der Waals surface area contributed by atoms with Gasteiger partial charge in [0.25, 0.3) is 5.91 Å². The van der Waals surface area contributed by atoms with Gasteiger partial charge in [0.1, 0.15) is 5.82 Å². The molecule has 1 heterocycles. The summed E-state index contributed by atoms with van der Waals surface area (Å²) in [6.45, 7) is -0.434. The fourth-order valence-electron chi connectivity index (χ4n) is 3.54. The first kappa shape index (κ1) is 20.9. The van der Waals surface area contributed by atoms with Crippen molar-refractivity contribution in [3.8, 4) is 5.69 Å². The first-order valence-electron chi connectivity index (χ1n) is 11.1. The van der Waals surface area contributed by atoms with Gasteiger partial charge in [0.05, 0.1) is 16.9 Å². The van der Waals surface area contributed by atoms with Gasteiger partial charge in [-0.3, -0.25) is 9.59 Å². The largest absolute Gasteiger partial charge is 0.452 e. The van der Waals surface area contributed by atoms with E-state index in [2.05, 4.69) is 15.7 Å². The Labute approximate surface area is 190 Å². The van der Waals surface area contributed by atoms with Crippen LogP contribution in [0.4, 0.5) is 11.5 Å². The molecule has 0 atom stereocenters. The van der Waals surface area contributed by atoms with Gasteiger partial charge in [-0.25, -0.2) is 9.48 Å². The molecule has 1 aromatic heterocycles. The highest BCUT2D eigenvalue weighted by Gasteiger charge is 2.30. The van der Waals surface area contributed by atoms with Crippen molar-refractivity contribution in [2.45, 2.75) is 31.6 Å². The zero-order valence-corrected chi connectivity index (χ0v) is 18.0. The number of nitrogens with one attached hydrogen (secondary N) is 2. The fourth-order valence-corrected chi connectivity index (χ4v) is 3.54. The summed E-state index contributed by atoms with van der Waals surface area (Å²) in [5, 5.41) is 10.3. The van der Waals surface area contributed by atoms with Crippen LogP contribution in [0.5, 0.6) is 0 Å². The van der Waals surface area contributed by atoms with Crippen LogP contribution in [0.2, 0.25) is 0 Å². The number of carbonyl (C=O) groups excluding carboxylic acids is 3. The second kappa shape index (κ2) is 8.90. The minimum atomic E-state index is -0.636. The lowest BCUT2D eigenvalue weighted by molar-refractivity contribution is -0.119. The van der Waals surface area contributed by atoms with E-state index in [4.69, 9.17) is 4.74 Å². The van der Waals surface area contributed by atoms with E-state index in [1.807, 2.05) is 36.4 Å². The number of anilines is 2. The summed E-state index contributed by atoms with van der Waals surface area (Å²) >= 11 is 0. The molecule has 8 heteroatoms. The molecule has 2 aliphatic carbocycles. The Balaban J connectivity index is 1.21. The van der Waals surface area contributed by atoms with Gasteiger partial charge < -0.3 is 15.4 Å². The monoisotopic (exact) mass is 444 g/mol. The van der Waals surface area contributed by atoms with Crippen LogP contribution in [-0.4, -0.2) is 34.2 Å². The maximum atomic E-state index is 12.5. The molecular formula is C25H24N4O4. The standard InChI is InChI=1S/C25H24N4O4/c30-23(15-33-25(32)18-5-4-6-19(13-18)26-24(31)17-11-12-17)27-22-14-21(16-9-10-16)28-29(22)20-7-2-1-3-8-20/h1-8,13-14,16-17H,9-12,15H2,(H,26,31)(H,27,30). The number of hydrogen-bond acceptors (Lipinski definition) is 5. The summed E-state index contributed by atoms with van der Waals surface area (Å²) in [5.41, 5.74) is 2.57. The lowest BCUT2D eigenvalue weighted by Crippen LogP contribution is -2.22. The molecule has 2 saturated carbocycles. The maximum Gasteiger partial charge on any atom is 0.338 e. The van der Waals surface area contributed by atoms with Crippen LogP contribution < -0.4 is 10.6 Å². The number of aromatic nitrogens is 2. The Bertz CT molecular complexity index is 1200. The smallest absolute Gasteiger partial charge is 0.338 e. The molecule has 168 valence electrons. The highest BCUT2D eigenvalue weighted by Crippen LogP contribution is 2.40. The van der Waals surface area contributed by atoms with Crippen molar-refractivity contribution in [3.05, 3.63) is 71.9 Å². The van der Waals surface area contributed by atoms with E-state index in [0.717, 1.165) is 37.1 Å². The zero-order valence-electron chi connectivity index (χ0n) is 18.0. The molecule has 0 spiro atoms. The van der Waals surface area contributed by atoms with Gasteiger partial charge in [0.2, 0.25) is 5.91 Å². The number of amides is 2. The van der Waals surface area contributed by atoms with E-state index in [9.17, 15) is 14.4 Å². The van der Waals surface area contributed by atoms with Crippen LogP contribution in [0.15, 0.2) is 60.7 Å². The van der Waals surface area contributed by atoms with Gasteiger partial charge in [-0.15, -0.1) is 0 Å². The number of benzene rings is 2. The lowest BCUT2D eigenvalue weighted by Gasteiger charge is -2.10. The summed E-state index contributed by atoms with van der Waals surface area (Å²) in [4.78, 5) is 36.9. The third kappa shape index (κ3) is 5.11. The van der Waals surface area contributed by atoms with E-state index in [1.54, 1.807) is 28.9 Å². The molecule has 2 N–H and O–H groups in total. The molecule has 3 aromatic rings. The van der Waals surface area contributed by atoms with Crippen LogP contribution in [0.25, 0.3) is 5.69 Å². The highest BCUT2D eigenvalue weighted by atomic mass is 16.5. The first-order valence-corrected chi connectivity index (χ1v) is 11.1. The topological polar surface area (TPSA) is 102 Å². The quantitative estimate of drug-likeness (QED) is 0.513. The molecule has 8 nitrogen and oxygen atoms in total. The molecular weight excluding hydrogens is 420 g/mol. The number of hydrogen-bond donors (Lipinski definition) is 2. The Kier molecular flexibility index (Phi) is 5.64. The van der Waals surface area contributed by atoms with E-state index in [0.29, 0.717) is 17.4 Å². The van der Waals surface area contributed by atoms with Gasteiger partial charge in [-0.2, -0.15) is 5.10 Å². The van der Waals surface area contributed by atoms with Crippen molar-refractivity contribution >= 4 is 29.3 Å². The summed E-state index contributed by atoms with van der Waals surface area (Å²) in [6, 6.07) is 17.9. The second-order valence-electron chi connectivity index (χ2n) is 8.44. The lowest BCUT2D eigenvalue weighted by atomic mass is 10.2. The molecule has 0 saturated heterocycles. The summed E-state index contributed by atoms with van der Waals surface area (Å²) in [6.07, 6.45) is 3.98. The number of nitrogens with zero attached hydrogens (tertiary/aromatic N) is 2. The van der Waals surface area contributed by atoms with Crippen molar-refractivity contribution in [1.82, 2.24) is 9.78 Å². The second-order valence-corrected chi connectivity index (χ2v) is 8.44. The zero-order chi connectivity index (χ0) is 22.8. The SMILES string of the molecule is O=C(COC(=O)c1cccc(NC(=O)C2CC2)c1)Nc1cc(C2CC2)nn1-c1ccccc1. The minimum absolute atomic E-state index is 0.0412. The molecule has 2 fully saturated rings. The van der Waals surface area contributed by atoms with E-state index in [-0.39, 0.29) is 17.4 Å². The van der Waals surface area contributed by atoms with Crippen molar-refractivity contribution in [2.24, 2.45) is 5.92 Å². The Morgan fingerprint density at radius 1 is 0.939 bits per heavy atom. The number of ether oxygens (including phenoxy) is 1. The molecule has 5 rings (SSSR count). The molecule has 2 aromatic carbocycles. The fraction of sp³-hybridized carbons (Fsp3) is 0.280. The third-order valence-corrected chi connectivity index (χ3v) is 5.64. The van der Waals surface area contributed by atoms with Crippen molar-refractivity contribution < 1.29 is 19.1 Å². The van der Waals surface area contributed by atoms with Gasteiger partial charge in [0, 0.05) is 23.6 Å². The normalized spacial score (nSPS) is 15.0. The first-order chi connectivity index (χ1) is 16.1. The maximum absolute atomic E-state index is 12.5. The molecule has 0 unspecified atom stereocenters. The van der Waals surface area contributed by atoms with Crippen LogP contribution in [0.3, 0.4) is 0 Å². The Hall–Kier alpha value is -3.94. The van der Waals surface area contributed by atoms with Crippen molar-refractivity contribution in [1.29, 1.82) is 0 Å². The molecule has 33 heavy (non-hydrogen) atoms. The minimum Gasteiger partial charge on any atom is -0.452 e. The van der Waals surface area contributed by atoms with Crippen LogP contribution >= 0.6 is 0 Å². The predicted octanol–water partition coefficient (Wildman–Crippen LogP) is 3.89. The highest BCUT2D eigenvalue weighted by molar-refractivity contribution is 5.98. The number of rotatable bonds is 8. The predicted molar refractivity (Wildman–Crippen MR) is 122 cm³/mol. The van der Waals surface area contributed by atoms with Gasteiger partial charge >= 0.3 is 5.97 Å². The van der Waals surface area contributed by atoms with Crippen molar-refractivity contribution in [2.75, 3.05) is 17.2 Å². The number of para-hydroxylation sites is 1. The molecule has 0 radical (unpaired) electrons. The molecule has 0 bridgehead atoms. The summed E-state index contributed by atoms with van der Waals surface area (Å²) in [7, 11) is 0. The Morgan fingerprint density at radius 2 is 1.73 bits per heavy atom. The average Bonchev–Trinajstić information content (AvgIpc) is 3.75. The van der Waals surface area contributed by atoms with E-state index in [1.165, 1.54) is 0 Å². The van der Waals surface area contributed by atoms with E-state index >= 15 is 0 Å². The van der Waals surface area contributed by atoms with Gasteiger partial charge in [0.15, 0.2) is 6.61 Å². The van der Waals surface area contributed by atoms with Gasteiger partial charge in [-0.05, 0) is 56.0 Å². The summed E-state index contributed by atoms with van der Waals surface area (Å²) in [5.74, 6) is -0.108. The number of carbonyl (C=O) groups is 3. The van der Waals surface area contributed by atoms with Crippen LogP contribution in [0.1, 0.15) is 47.7 Å². The van der Waals surface area contributed by atoms with Crippen molar-refractivity contribution in [3.63, 3.8) is 0 Å². The van der Waals surface area contributed by atoms with Gasteiger partial charge in [-0.1, -0.05) is 24.3 Å². The Morgan fingerprint density at radius 3 is 2.45 bits per heavy atom. The summed E-state index contributed by atoms with van der Waals surface area (Å²) < 4.78 is 6.89. The van der Waals surface area contributed by atoms with Crippen LogP contribution in [-0.2, 0) is 14.3 Å².